The van der Waals surface area contributed by atoms with E-state index in [-0.39, 0.29) is 69.6 Å². The van der Waals surface area contributed by atoms with E-state index in [0.717, 1.165) is 42.4 Å². The molecule has 2 aliphatic carbocycles. The van der Waals surface area contributed by atoms with Crippen molar-refractivity contribution in [1.29, 1.82) is 5.26 Å². The number of nitro groups is 1. The predicted molar refractivity (Wildman–Crippen MR) is 302 cm³/mol. The minimum Gasteiger partial charge on any atom is -0.459 e. The lowest BCUT2D eigenvalue weighted by Crippen LogP contribution is -2.70. The number of nitrogens with one attached hydrogen (secondary N) is 1. The molecule has 1 saturated carbocycles. The van der Waals surface area contributed by atoms with Crippen LogP contribution >= 0.6 is 0 Å². The van der Waals surface area contributed by atoms with Crippen LogP contribution in [-0.2, 0) is 22.7 Å². The Bertz CT molecular complexity index is 2830. The summed E-state index contributed by atoms with van der Waals surface area (Å²) in [5.74, 6) is -1.47. The molecular weight excluding hydrogens is 1020 g/mol. The molecule has 3 N–H and O–H groups in total. The molecule has 2 aliphatic heterocycles. The first-order valence-electron chi connectivity index (χ1n) is 28.7. The number of aliphatic hydroxyl groups excluding tert-OH is 2. The lowest BCUT2D eigenvalue weighted by Gasteiger charge is -2.60. The highest BCUT2D eigenvalue weighted by Crippen LogP contribution is 2.62. The highest BCUT2D eigenvalue weighted by molar-refractivity contribution is 6.03. The monoisotopic (exact) mass is 1100 g/mol. The van der Waals surface area contributed by atoms with Gasteiger partial charge in [-0.3, -0.25) is 14.9 Å². The van der Waals surface area contributed by atoms with E-state index in [1.165, 1.54) is 57.1 Å². The Kier molecular flexibility index (Phi) is 21.5. The number of nitriles is 1. The van der Waals surface area contributed by atoms with Gasteiger partial charge in [0.15, 0.2) is 11.5 Å². The summed E-state index contributed by atoms with van der Waals surface area (Å²) in [6.45, 7) is 6.89. The third-order valence-corrected chi connectivity index (χ3v) is 15.9. The molecule has 1 fully saturated rings. The number of hydrogen-bond acceptors (Lipinski definition) is 14. The van der Waals surface area contributed by atoms with Crippen LogP contribution in [0.25, 0.3) is 0 Å². The largest absolute Gasteiger partial charge is 0.459 e. The first-order valence-corrected chi connectivity index (χ1v) is 28.7. The van der Waals surface area contributed by atoms with E-state index in [4.69, 9.17) is 33.7 Å². The number of hydrogen-bond donors (Lipinski definition) is 3. The van der Waals surface area contributed by atoms with E-state index < -0.39 is 34.7 Å². The van der Waals surface area contributed by atoms with E-state index >= 15 is 4.79 Å². The molecule has 17 nitrogen and oxygen atoms in total. The van der Waals surface area contributed by atoms with E-state index in [0.29, 0.717) is 84.0 Å². The summed E-state index contributed by atoms with van der Waals surface area (Å²) in [5.41, 5.74) is 4.09. The minimum absolute atomic E-state index is 0.00659. The summed E-state index contributed by atoms with van der Waals surface area (Å²) in [7, 11) is 0. The molecule has 17 heteroatoms. The number of ether oxygens (including phenoxy) is 5. The fourth-order valence-electron chi connectivity index (χ4n) is 12.0. The van der Waals surface area contributed by atoms with Crippen LogP contribution in [0.3, 0.4) is 0 Å². The lowest BCUT2D eigenvalue weighted by molar-refractivity contribution is -0.384. The highest BCUT2D eigenvalue weighted by atomic mass is 16.7. The Morgan fingerprint density at radius 2 is 1.55 bits per heavy atom. The van der Waals surface area contributed by atoms with E-state index in [9.17, 15) is 30.4 Å². The first kappa shape index (κ1) is 58.9. The van der Waals surface area contributed by atoms with Crippen LogP contribution in [-0.4, -0.2) is 82.7 Å². The number of unbranched alkanes of at least 4 members (excludes halogenated alkanes) is 11. The van der Waals surface area contributed by atoms with Gasteiger partial charge in [-0.1, -0.05) is 101 Å². The Morgan fingerprint density at radius 1 is 0.863 bits per heavy atom. The topological polar surface area (TPSA) is 225 Å². The second kappa shape index (κ2) is 29.3. The van der Waals surface area contributed by atoms with Crippen molar-refractivity contribution in [3.63, 3.8) is 0 Å². The fraction of sp³-hybridized carbons (Fsp3) is 0.492. The van der Waals surface area contributed by atoms with Crippen molar-refractivity contribution in [3.8, 4) is 29.1 Å². The third-order valence-electron chi connectivity index (χ3n) is 15.9. The van der Waals surface area contributed by atoms with Crippen LogP contribution in [0.4, 0.5) is 10.5 Å². The highest BCUT2D eigenvalue weighted by Gasteiger charge is 2.65. The molecule has 8 rings (SSSR count). The summed E-state index contributed by atoms with van der Waals surface area (Å²) in [5, 5.41) is 49.4. The van der Waals surface area contributed by atoms with Crippen LogP contribution in [0, 0.1) is 39.2 Å². The summed E-state index contributed by atoms with van der Waals surface area (Å²) in [4.78, 5) is 48.3. The van der Waals surface area contributed by atoms with Crippen molar-refractivity contribution in [1.82, 2.24) is 10.2 Å². The summed E-state index contributed by atoms with van der Waals surface area (Å²) >= 11 is 0. The van der Waals surface area contributed by atoms with Crippen molar-refractivity contribution in [2.75, 3.05) is 33.2 Å². The van der Waals surface area contributed by atoms with Gasteiger partial charge in [0, 0.05) is 61.9 Å². The lowest BCUT2D eigenvalue weighted by atomic mass is 9.55. The Balaban J connectivity index is 1.23. The van der Waals surface area contributed by atoms with Crippen molar-refractivity contribution >= 4 is 23.4 Å². The number of oxime groups is 1. The molecule has 2 amide bonds. The maximum Gasteiger partial charge on any atom is 0.412 e. The molecule has 426 valence electrons. The van der Waals surface area contributed by atoms with Crippen molar-refractivity contribution in [2.24, 2.45) is 22.9 Å². The minimum atomic E-state index is -1.65. The summed E-state index contributed by atoms with van der Waals surface area (Å²) < 4.78 is 32.3. The van der Waals surface area contributed by atoms with Gasteiger partial charge < -0.3 is 49.0 Å². The zero-order valence-electron chi connectivity index (χ0n) is 46.1. The van der Waals surface area contributed by atoms with Crippen LogP contribution in [0.15, 0.2) is 114 Å². The van der Waals surface area contributed by atoms with Gasteiger partial charge in [0.2, 0.25) is 12.6 Å². The van der Waals surface area contributed by atoms with Gasteiger partial charge in [0.05, 0.1) is 34.8 Å². The zero-order chi connectivity index (χ0) is 56.3. The van der Waals surface area contributed by atoms with Crippen LogP contribution in [0.1, 0.15) is 155 Å². The third kappa shape index (κ3) is 14.6. The van der Waals surface area contributed by atoms with Crippen LogP contribution < -0.4 is 24.3 Å². The molecule has 0 unspecified atom stereocenters. The number of fused-ring (bicyclic) bond motifs is 3. The summed E-state index contributed by atoms with van der Waals surface area (Å²) in [6.07, 6.45) is 19.1. The predicted octanol–water partition coefficient (Wildman–Crippen LogP) is 12.4. The SMILES string of the molecule is C=CCO[C@@]12Oc3ccc(OC(=O)NCCCCCCCCCCCC)cc3[C@H]3[C@H](CCCCO)[C@@H](CCCCO)C=C(C(=NOCc4ccc([N+](=O)[O-])cc4)C[C@@H]1N(Cc1ccc4c(c1)OCO4)C(=O)c1ccc(C#N)cc1)[C@H]32. The first-order chi connectivity index (χ1) is 39.1. The normalized spacial score (nSPS) is 20.8. The number of nitro benzene ring substituents is 1. The van der Waals surface area contributed by atoms with Crippen LogP contribution in [0.2, 0.25) is 0 Å². The molecule has 0 saturated heterocycles. The number of allylic oxidation sites excluding steroid dienone is 1. The zero-order valence-corrected chi connectivity index (χ0v) is 46.1. The summed E-state index contributed by atoms with van der Waals surface area (Å²) in [6, 6.07) is 24.7. The molecule has 2 heterocycles. The number of benzene rings is 4. The van der Waals surface area contributed by atoms with Gasteiger partial charge >= 0.3 is 6.09 Å². The molecule has 6 atom stereocenters. The van der Waals surface area contributed by atoms with Crippen LogP contribution in [0.5, 0.6) is 23.0 Å². The average molecular weight is 1100 g/mol. The standard InChI is InChI=1S/C63H77N5O12/c1-3-5-6-7-8-9-10-11-12-15-32-65-62(72)79-50-29-31-55-53(38-50)59-51(19-14-17-34-70)48(18-13-16-33-69)37-52-54(66-78-42-45-22-27-49(28-23-45)68(73)74)39-58(63(80-55,60(52)59)77-35-4-2)67(61(71)47-25-20-44(40-64)21-26-47)41-46-24-30-56-57(36-46)76-43-75-56/h4,20-31,36-38,48,51,58-60,69-70H,2-3,5-19,32-35,39,41-43H2,1H3,(H,65,72)/t48-,51+,58-,59+,60+,63+/m0/s1. The Labute approximate surface area is 469 Å². The molecule has 4 aromatic rings. The molecule has 4 aliphatic rings. The molecule has 80 heavy (non-hydrogen) atoms. The molecule has 0 spiro atoms. The quantitative estimate of drug-likeness (QED) is 0.0185. The number of carbonyl (C=O) groups excluding carboxylic acids is 2. The van der Waals surface area contributed by atoms with Crippen molar-refractivity contribution < 1.29 is 53.2 Å². The average Bonchev–Trinajstić information content (AvgIpc) is 3.70. The van der Waals surface area contributed by atoms with Gasteiger partial charge in [-0.2, -0.15) is 5.26 Å². The maximum atomic E-state index is 15.6. The van der Waals surface area contributed by atoms with Crippen molar-refractivity contribution in [2.45, 2.75) is 147 Å². The van der Waals surface area contributed by atoms with Gasteiger partial charge in [0.25, 0.3) is 11.6 Å². The van der Waals surface area contributed by atoms with Gasteiger partial charge in [-0.05, 0) is 127 Å². The molecular formula is C63H77N5O12. The number of carbonyl (C=O) groups is 2. The van der Waals surface area contributed by atoms with E-state index in [1.807, 2.05) is 24.3 Å². The molecule has 0 bridgehead atoms. The second-order valence-corrected chi connectivity index (χ2v) is 21.3. The van der Waals surface area contributed by atoms with Gasteiger partial charge in [-0.25, -0.2) is 4.79 Å². The fourth-order valence-corrected chi connectivity index (χ4v) is 12.0. The number of amides is 2. The van der Waals surface area contributed by atoms with E-state index in [1.54, 1.807) is 59.5 Å². The second-order valence-electron chi connectivity index (χ2n) is 21.3. The Morgan fingerprint density at radius 3 is 2.25 bits per heavy atom. The molecule has 0 radical (unpaired) electrons. The van der Waals surface area contributed by atoms with E-state index in [2.05, 4.69) is 31.0 Å². The smallest absolute Gasteiger partial charge is 0.412 e. The maximum absolute atomic E-state index is 15.6. The number of nitrogens with zero attached hydrogens (tertiary/aromatic N) is 4. The van der Waals surface area contributed by atoms with Gasteiger partial charge in [-0.15, -0.1) is 6.58 Å². The number of rotatable bonds is 31. The number of aliphatic hydroxyl groups is 2. The van der Waals surface area contributed by atoms with Crippen molar-refractivity contribution in [3.05, 3.63) is 147 Å². The number of non-ortho nitro benzene ring substituents is 1. The molecule has 4 aromatic carbocycles. The van der Waals surface area contributed by atoms with Gasteiger partial charge in [0.1, 0.15) is 24.1 Å². The molecule has 0 aromatic heterocycles. The Hall–Kier alpha value is -7.26.